The van der Waals surface area contributed by atoms with E-state index >= 15 is 0 Å². The largest absolute Gasteiger partial charge is 0.496 e. The molecule has 0 unspecified atom stereocenters. The third-order valence-electron chi connectivity index (χ3n) is 2.51. The zero-order valence-corrected chi connectivity index (χ0v) is 10.5. The minimum Gasteiger partial charge on any atom is -0.496 e. The Labute approximate surface area is 106 Å². The molecule has 1 aromatic carbocycles. The Hall–Kier alpha value is -2.04. The van der Waals surface area contributed by atoms with Crippen molar-refractivity contribution in [3.63, 3.8) is 0 Å². The van der Waals surface area contributed by atoms with Gasteiger partial charge in [-0.2, -0.15) is 0 Å². The summed E-state index contributed by atoms with van der Waals surface area (Å²) in [7, 11) is 1.60. The highest BCUT2D eigenvalue weighted by atomic mass is 16.5. The van der Waals surface area contributed by atoms with Gasteiger partial charge in [0.05, 0.1) is 13.5 Å². The predicted octanol–water partition coefficient (Wildman–Crippen LogP) is 2.06. The van der Waals surface area contributed by atoms with Crippen LogP contribution in [0.4, 0.5) is 5.69 Å². The average Bonchev–Trinajstić information content (AvgIpc) is 2.36. The average molecular weight is 251 g/mol. The van der Waals surface area contributed by atoms with Gasteiger partial charge in [-0.05, 0) is 30.2 Å². The molecule has 0 fully saturated rings. The van der Waals surface area contributed by atoms with Gasteiger partial charge in [-0.25, -0.2) is 0 Å². The number of nitrogens with one attached hydrogen (secondary N) is 1. The number of benzene rings is 1. The first-order valence-electron chi connectivity index (χ1n) is 5.75. The van der Waals surface area contributed by atoms with E-state index in [1.165, 1.54) is 0 Å². The molecule has 5 heteroatoms. The smallest absolute Gasteiger partial charge is 0.303 e. The normalized spacial score (nSPS) is 9.89. The van der Waals surface area contributed by atoms with Crippen molar-refractivity contribution >= 4 is 17.6 Å². The number of anilines is 1. The van der Waals surface area contributed by atoms with Gasteiger partial charge in [0, 0.05) is 12.1 Å². The lowest BCUT2D eigenvalue weighted by Crippen LogP contribution is -2.13. The maximum Gasteiger partial charge on any atom is 0.303 e. The summed E-state index contributed by atoms with van der Waals surface area (Å²) >= 11 is 0. The van der Waals surface area contributed by atoms with Crippen molar-refractivity contribution in [2.24, 2.45) is 0 Å². The Bertz CT molecular complexity index is 443. The van der Waals surface area contributed by atoms with Gasteiger partial charge in [0.2, 0.25) is 5.91 Å². The molecule has 0 aliphatic carbocycles. The van der Waals surface area contributed by atoms with Crippen molar-refractivity contribution in [1.82, 2.24) is 0 Å². The zero-order valence-electron chi connectivity index (χ0n) is 10.5. The summed E-state index contributed by atoms with van der Waals surface area (Å²) in [4.78, 5) is 21.8. The van der Waals surface area contributed by atoms with Gasteiger partial charge in [0.15, 0.2) is 0 Å². The van der Waals surface area contributed by atoms with Crippen LogP contribution in [0.15, 0.2) is 18.2 Å². The summed E-state index contributed by atoms with van der Waals surface area (Å²) in [6, 6.07) is 5.35. The number of methoxy groups -OCH3 is 1. The number of carboxylic acids is 1. The van der Waals surface area contributed by atoms with Gasteiger partial charge in [-0.3, -0.25) is 9.59 Å². The van der Waals surface area contributed by atoms with E-state index in [-0.39, 0.29) is 18.7 Å². The van der Waals surface area contributed by atoms with E-state index < -0.39 is 5.97 Å². The third-order valence-corrected chi connectivity index (χ3v) is 2.51. The zero-order chi connectivity index (χ0) is 13.5. The topological polar surface area (TPSA) is 75.6 Å². The van der Waals surface area contributed by atoms with E-state index in [1.54, 1.807) is 19.2 Å². The molecule has 0 atom stereocenters. The van der Waals surface area contributed by atoms with E-state index in [9.17, 15) is 9.59 Å². The first-order valence-corrected chi connectivity index (χ1v) is 5.75. The highest BCUT2D eigenvalue weighted by molar-refractivity contribution is 5.92. The predicted molar refractivity (Wildman–Crippen MR) is 67.9 cm³/mol. The van der Waals surface area contributed by atoms with Crippen LogP contribution in [0.25, 0.3) is 0 Å². The Morgan fingerprint density at radius 3 is 2.61 bits per heavy atom. The molecule has 2 N–H and O–H groups in total. The van der Waals surface area contributed by atoms with E-state index in [4.69, 9.17) is 9.84 Å². The van der Waals surface area contributed by atoms with E-state index in [2.05, 4.69) is 5.32 Å². The molecule has 98 valence electrons. The number of aryl methyl sites for hydroxylation is 1. The highest BCUT2D eigenvalue weighted by Crippen LogP contribution is 2.23. The number of carboxylic acid groups (broad SMARTS) is 1. The Morgan fingerprint density at radius 2 is 2.06 bits per heavy atom. The number of carbonyl (C=O) groups is 2. The fraction of sp³-hybridized carbons (Fsp3) is 0.385. The van der Waals surface area contributed by atoms with Crippen LogP contribution in [-0.4, -0.2) is 24.1 Å². The number of aliphatic carboxylic acids is 1. The molecule has 1 amide bonds. The number of ether oxygens (including phenoxy) is 1. The summed E-state index contributed by atoms with van der Waals surface area (Å²) in [6.45, 7) is 1.99. The number of hydrogen-bond acceptors (Lipinski definition) is 3. The minimum absolute atomic E-state index is 0.0250. The van der Waals surface area contributed by atoms with Crippen LogP contribution in [-0.2, 0) is 16.0 Å². The Kier molecular flexibility index (Phi) is 5.17. The molecule has 0 bridgehead atoms. The molecule has 0 heterocycles. The van der Waals surface area contributed by atoms with Crippen molar-refractivity contribution in [2.75, 3.05) is 12.4 Å². The van der Waals surface area contributed by atoms with Crippen LogP contribution in [0.2, 0.25) is 0 Å². The SMILES string of the molecule is CCc1cc(NC(=O)CCC(=O)O)ccc1OC. The van der Waals surface area contributed by atoms with Crippen molar-refractivity contribution in [2.45, 2.75) is 26.2 Å². The van der Waals surface area contributed by atoms with Gasteiger partial charge < -0.3 is 15.2 Å². The van der Waals surface area contributed by atoms with E-state index in [1.807, 2.05) is 13.0 Å². The number of carbonyl (C=O) groups excluding carboxylic acids is 1. The molecule has 0 radical (unpaired) electrons. The molecule has 0 aliphatic rings. The summed E-state index contributed by atoms with van der Waals surface area (Å²) in [5.41, 5.74) is 1.65. The lowest BCUT2D eigenvalue weighted by Gasteiger charge is -2.10. The quantitative estimate of drug-likeness (QED) is 0.811. The Morgan fingerprint density at radius 1 is 1.33 bits per heavy atom. The molecule has 0 saturated heterocycles. The fourth-order valence-electron chi connectivity index (χ4n) is 1.58. The highest BCUT2D eigenvalue weighted by Gasteiger charge is 2.07. The minimum atomic E-state index is -0.978. The molecular weight excluding hydrogens is 234 g/mol. The monoisotopic (exact) mass is 251 g/mol. The molecule has 1 rings (SSSR count). The van der Waals surface area contributed by atoms with Gasteiger partial charge >= 0.3 is 5.97 Å². The van der Waals surface area contributed by atoms with Crippen LogP contribution in [0.5, 0.6) is 5.75 Å². The molecular formula is C13H17NO4. The first kappa shape index (κ1) is 14.0. The molecule has 0 spiro atoms. The number of rotatable bonds is 6. The maximum absolute atomic E-state index is 11.5. The molecule has 5 nitrogen and oxygen atoms in total. The second kappa shape index (κ2) is 6.64. The number of amides is 1. The van der Waals surface area contributed by atoms with Crippen LogP contribution >= 0.6 is 0 Å². The lowest BCUT2D eigenvalue weighted by molar-refractivity contribution is -0.138. The number of hydrogen-bond donors (Lipinski definition) is 2. The molecule has 18 heavy (non-hydrogen) atoms. The first-order chi connectivity index (χ1) is 8.56. The fourth-order valence-corrected chi connectivity index (χ4v) is 1.58. The summed E-state index contributed by atoms with van der Waals surface area (Å²) < 4.78 is 5.18. The van der Waals surface area contributed by atoms with Crippen molar-refractivity contribution < 1.29 is 19.4 Å². The van der Waals surface area contributed by atoms with Crippen LogP contribution < -0.4 is 10.1 Å². The van der Waals surface area contributed by atoms with Gasteiger partial charge in [0.1, 0.15) is 5.75 Å². The van der Waals surface area contributed by atoms with Crippen LogP contribution in [0.1, 0.15) is 25.3 Å². The van der Waals surface area contributed by atoms with Crippen molar-refractivity contribution in [3.8, 4) is 5.75 Å². The molecule has 0 aliphatic heterocycles. The molecule has 1 aromatic rings. The van der Waals surface area contributed by atoms with E-state index in [0.29, 0.717) is 5.69 Å². The summed E-state index contributed by atoms with van der Waals surface area (Å²) in [5.74, 6) is -0.500. The second-order valence-corrected chi connectivity index (χ2v) is 3.82. The van der Waals surface area contributed by atoms with Crippen LogP contribution in [0, 0.1) is 0 Å². The second-order valence-electron chi connectivity index (χ2n) is 3.82. The standard InChI is InChI=1S/C13H17NO4/c1-3-9-8-10(4-5-11(9)18-2)14-12(15)6-7-13(16)17/h4-5,8H,3,6-7H2,1-2H3,(H,14,15)(H,16,17). The molecule has 0 aromatic heterocycles. The van der Waals surface area contributed by atoms with Crippen molar-refractivity contribution in [3.05, 3.63) is 23.8 Å². The third kappa shape index (κ3) is 4.08. The van der Waals surface area contributed by atoms with Gasteiger partial charge in [0.25, 0.3) is 0 Å². The van der Waals surface area contributed by atoms with Crippen LogP contribution in [0.3, 0.4) is 0 Å². The molecule has 0 saturated carbocycles. The lowest BCUT2D eigenvalue weighted by atomic mass is 10.1. The van der Waals surface area contributed by atoms with Crippen molar-refractivity contribution in [1.29, 1.82) is 0 Å². The van der Waals surface area contributed by atoms with Gasteiger partial charge in [-0.15, -0.1) is 0 Å². The summed E-state index contributed by atoms with van der Waals surface area (Å²) in [6.07, 6.45) is 0.605. The van der Waals surface area contributed by atoms with Gasteiger partial charge in [-0.1, -0.05) is 6.92 Å². The van der Waals surface area contributed by atoms with E-state index in [0.717, 1.165) is 17.7 Å². The summed E-state index contributed by atoms with van der Waals surface area (Å²) in [5, 5.41) is 11.1. The maximum atomic E-state index is 11.5. The Balaban J connectivity index is 2.67.